The summed E-state index contributed by atoms with van der Waals surface area (Å²) in [6.45, 7) is 13.0. The molecule has 0 heterocycles. The lowest BCUT2D eigenvalue weighted by molar-refractivity contribution is -0.148. The predicted octanol–water partition coefficient (Wildman–Crippen LogP) is 3.24. The maximum atomic E-state index is 12.4. The van der Waals surface area contributed by atoms with Crippen molar-refractivity contribution in [3.8, 4) is 0 Å². The Morgan fingerprint density at radius 2 is 1.53 bits per heavy atom. The summed E-state index contributed by atoms with van der Waals surface area (Å²) in [4.78, 5) is 24.2. The van der Waals surface area contributed by atoms with Crippen LogP contribution in [0.15, 0.2) is 0 Å². The minimum Gasteiger partial charge on any atom is -0.299 e. The molecule has 1 atom stereocenters. The lowest BCUT2D eigenvalue weighted by Crippen LogP contribution is -2.47. The molecule has 0 bridgehead atoms. The minimum absolute atomic E-state index is 0.0000694. The normalized spacial score (nSPS) is 16.3. The third-order valence-corrected chi connectivity index (χ3v) is 3.26. The molecule has 0 rings (SSSR count). The molecule has 15 heavy (non-hydrogen) atoms. The van der Waals surface area contributed by atoms with Crippen LogP contribution < -0.4 is 0 Å². The maximum absolute atomic E-state index is 12.4. The van der Waals surface area contributed by atoms with E-state index in [9.17, 15) is 9.59 Å². The quantitative estimate of drug-likeness (QED) is 0.670. The van der Waals surface area contributed by atoms with Crippen molar-refractivity contribution in [2.75, 3.05) is 0 Å². The van der Waals surface area contributed by atoms with Crippen LogP contribution >= 0.6 is 0 Å². The van der Waals surface area contributed by atoms with Gasteiger partial charge in [-0.05, 0) is 19.3 Å². The first-order chi connectivity index (χ1) is 6.60. The molecule has 88 valence electrons. The van der Waals surface area contributed by atoms with Crippen molar-refractivity contribution in [2.45, 2.75) is 54.9 Å². The monoisotopic (exact) mass is 212 g/mol. The molecule has 1 unspecified atom stereocenters. The number of Topliss-reactive ketones (excluding diaryl/α,β-unsaturated/α-hetero) is 2. The Balaban J connectivity index is 5.48. The van der Waals surface area contributed by atoms with Gasteiger partial charge in [-0.2, -0.15) is 0 Å². The molecule has 0 aliphatic carbocycles. The van der Waals surface area contributed by atoms with E-state index in [2.05, 4.69) is 0 Å². The lowest BCUT2D eigenvalue weighted by atomic mass is 9.63. The molecular formula is C13H24O2. The Labute approximate surface area is 93.4 Å². The van der Waals surface area contributed by atoms with Gasteiger partial charge in [0, 0.05) is 5.41 Å². The van der Waals surface area contributed by atoms with Gasteiger partial charge in [0.05, 0.1) is 5.41 Å². The molecule has 0 amide bonds. The van der Waals surface area contributed by atoms with Gasteiger partial charge in [0.15, 0.2) is 5.78 Å². The molecule has 0 fully saturated rings. The van der Waals surface area contributed by atoms with Crippen molar-refractivity contribution in [1.29, 1.82) is 0 Å². The summed E-state index contributed by atoms with van der Waals surface area (Å²) in [5, 5.41) is 0. The molecule has 0 saturated heterocycles. The van der Waals surface area contributed by atoms with Gasteiger partial charge in [0.2, 0.25) is 0 Å². The predicted molar refractivity (Wildman–Crippen MR) is 62.7 cm³/mol. The van der Waals surface area contributed by atoms with Crippen molar-refractivity contribution >= 4 is 11.6 Å². The van der Waals surface area contributed by atoms with E-state index >= 15 is 0 Å². The van der Waals surface area contributed by atoms with Crippen LogP contribution in [0.1, 0.15) is 54.9 Å². The van der Waals surface area contributed by atoms with Crippen LogP contribution in [0.4, 0.5) is 0 Å². The van der Waals surface area contributed by atoms with Crippen LogP contribution in [-0.4, -0.2) is 11.6 Å². The lowest BCUT2D eigenvalue weighted by Gasteiger charge is -2.37. The summed E-state index contributed by atoms with van der Waals surface area (Å²) < 4.78 is 0. The summed E-state index contributed by atoms with van der Waals surface area (Å²) in [6.07, 6.45) is 0.593. The van der Waals surface area contributed by atoms with E-state index in [1.54, 1.807) is 0 Å². The zero-order valence-electron chi connectivity index (χ0n) is 11.1. The summed E-state index contributed by atoms with van der Waals surface area (Å²) in [5.74, 6) is 0.131. The first-order valence-electron chi connectivity index (χ1n) is 5.66. The van der Waals surface area contributed by atoms with Crippen molar-refractivity contribution in [3.63, 3.8) is 0 Å². The van der Waals surface area contributed by atoms with Gasteiger partial charge < -0.3 is 0 Å². The zero-order valence-corrected chi connectivity index (χ0v) is 11.1. The second-order valence-electron chi connectivity index (χ2n) is 5.61. The Morgan fingerprint density at radius 3 is 1.60 bits per heavy atom. The van der Waals surface area contributed by atoms with Gasteiger partial charge in [0.1, 0.15) is 5.78 Å². The summed E-state index contributed by atoms with van der Waals surface area (Å²) in [6, 6.07) is 0. The van der Waals surface area contributed by atoms with Crippen molar-refractivity contribution in [2.24, 2.45) is 16.7 Å². The van der Waals surface area contributed by atoms with E-state index in [1.807, 2.05) is 41.5 Å². The number of carbonyl (C=O) groups is 2. The summed E-state index contributed by atoms with van der Waals surface area (Å²) >= 11 is 0. The second-order valence-corrected chi connectivity index (χ2v) is 5.61. The molecule has 0 radical (unpaired) electrons. The molecular weight excluding hydrogens is 188 g/mol. The fraction of sp³-hybridized carbons (Fsp3) is 0.846. The molecule has 0 N–H and O–H groups in total. The van der Waals surface area contributed by atoms with E-state index in [0.29, 0.717) is 6.42 Å². The highest BCUT2D eigenvalue weighted by Gasteiger charge is 2.48. The third-order valence-electron chi connectivity index (χ3n) is 3.26. The second kappa shape index (κ2) is 4.46. The van der Waals surface area contributed by atoms with Crippen LogP contribution in [0.2, 0.25) is 0 Å². The van der Waals surface area contributed by atoms with Gasteiger partial charge in [-0.3, -0.25) is 9.59 Å². The van der Waals surface area contributed by atoms with Gasteiger partial charge in [-0.1, -0.05) is 41.5 Å². The van der Waals surface area contributed by atoms with E-state index in [-0.39, 0.29) is 17.5 Å². The average Bonchev–Trinajstić information content (AvgIpc) is 2.03. The van der Waals surface area contributed by atoms with Crippen LogP contribution in [0, 0.1) is 16.7 Å². The Hall–Kier alpha value is -0.660. The van der Waals surface area contributed by atoms with E-state index in [1.165, 1.54) is 6.92 Å². The molecule has 0 aromatic carbocycles. The first-order valence-corrected chi connectivity index (χ1v) is 5.66. The Morgan fingerprint density at radius 1 is 1.13 bits per heavy atom. The molecule has 0 aliphatic rings. The number of rotatable bonds is 4. The van der Waals surface area contributed by atoms with Crippen molar-refractivity contribution in [1.82, 2.24) is 0 Å². The maximum Gasteiger partial charge on any atom is 0.151 e. The average molecular weight is 212 g/mol. The molecule has 2 nitrogen and oxygen atoms in total. The number of hydrogen-bond acceptors (Lipinski definition) is 2. The van der Waals surface area contributed by atoms with E-state index in [4.69, 9.17) is 0 Å². The molecule has 0 spiro atoms. The standard InChI is InChI=1S/C13H24O2/c1-8-13(9(2)3,10(4)14)11(15)12(5,6)7/h9H,8H2,1-7H3. The molecule has 0 aromatic rings. The SMILES string of the molecule is CCC(C(C)=O)(C(=O)C(C)(C)C)C(C)C. The number of ketones is 2. The summed E-state index contributed by atoms with van der Waals surface area (Å²) in [5.41, 5.74) is -1.25. The van der Waals surface area contributed by atoms with Crippen LogP contribution in [-0.2, 0) is 9.59 Å². The Kier molecular flexibility index (Phi) is 4.26. The third kappa shape index (κ3) is 2.47. The van der Waals surface area contributed by atoms with Gasteiger partial charge in [-0.15, -0.1) is 0 Å². The van der Waals surface area contributed by atoms with Gasteiger partial charge >= 0.3 is 0 Å². The first kappa shape index (κ1) is 14.3. The topological polar surface area (TPSA) is 34.1 Å². The Bertz CT molecular complexity index is 258. The molecule has 0 saturated carbocycles. The van der Waals surface area contributed by atoms with Gasteiger partial charge in [-0.25, -0.2) is 0 Å². The smallest absolute Gasteiger partial charge is 0.151 e. The highest BCUT2D eigenvalue weighted by Crippen LogP contribution is 2.39. The molecule has 0 aromatic heterocycles. The van der Waals surface area contributed by atoms with E-state index in [0.717, 1.165) is 0 Å². The zero-order chi connectivity index (χ0) is 12.4. The fourth-order valence-electron chi connectivity index (χ4n) is 2.32. The summed E-state index contributed by atoms with van der Waals surface area (Å²) in [7, 11) is 0. The van der Waals surface area contributed by atoms with Crippen molar-refractivity contribution < 1.29 is 9.59 Å². The molecule has 2 heteroatoms. The van der Waals surface area contributed by atoms with Crippen LogP contribution in [0.3, 0.4) is 0 Å². The minimum atomic E-state index is -0.793. The van der Waals surface area contributed by atoms with E-state index < -0.39 is 10.8 Å². The highest BCUT2D eigenvalue weighted by molar-refractivity contribution is 6.08. The van der Waals surface area contributed by atoms with Crippen molar-refractivity contribution in [3.05, 3.63) is 0 Å². The largest absolute Gasteiger partial charge is 0.299 e. The van der Waals surface area contributed by atoms with Crippen LogP contribution in [0.25, 0.3) is 0 Å². The van der Waals surface area contributed by atoms with Gasteiger partial charge in [0.25, 0.3) is 0 Å². The number of carbonyl (C=O) groups excluding carboxylic acids is 2. The molecule has 0 aliphatic heterocycles. The highest BCUT2D eigenvalue weighted by atomic mass is 16.2. The number of hydrogen-bond donors (Lipinski definition) is 0. The fourth-order valence-corrected chi connectivity index (χ4v) is 2.32. The van der Waals surface area contributed by atoms with Crippen LogP contribution in [0.5, 0.6) is 0 Å².